The molecule has 7 nitrogen and oxygen atoms in total. The Hall–Kier alpha value is -2.76. The van der Waals surface area contributed by atoms with Gasteiger partial charge in [0.2, 0.25) is 0 Å². The summed E-state index contributed by atoms with van der Waals surface area (Å²) in [6.45, 7) is 0.539. The van der Waals surface area contributed by atoms with E-state index in [9.17, 15) is 5.26 Å². The number of nitriles is 1. The number of anilines is 1. The third-order valence-electron chi connectivity index (χ3n) is 3.72. The van der Waals surface area contributed by atoms with Gasteiger partial charge in [0.15, 0.2) is 16.0 Å². The molecule has 2 heterocycles. The molecule has 1 N–H and O–H groups in total. The van der Waals surface area contributed by atoms with E-state index in [0.29, 0.717) is 22.9 Å². The van der Waals surface area contributed by atoms with Crippen molar-refractivity contribution in [2.24, 2.45) is 10.2 Å². The van der Waals surface area contributed by atoms with E-state index in [4.69, 9.17) is 0 Å². The number of hydrogen-bond acceptors (Lipinski definition) is 8. The Labute approximate surface area is 144 Å². The molecule has 2 aromatic rings. The molecule has 1 aliphatic rings. The van der Waals surface area contributed by atoms with Crippen molar-refractivity contribution in [2.75, 3.05) is 33.0 Å². The molecule has 0 saturated heterocycles. The minimum absolute atomic E-state index is 0.539. The van der Waals surface area contributed by atoms with E-state index in [2.05, 4.69) is 26.6 Å². The number of nitrogens with one attached hydrogen (secondary N) is 1. The molecule has 1 aliphatic heterocycles. The van der Waals surface area contributed by atoms with Gasteiger partial charge >= 0.3 is 0 Å². The number of hydrazine groups is 1. The molecule has 122 valence electrons. The minimum atomic E-state index is 0.539. The van der Waals surface area contributed by atoms with E-state index < -0.39 is 0 Å². The largest absolute Gasteiger partial charge is 0.365 e. The number of likely N-dealkylation sites (N-methyl/N-ethyl adjacent to an activating group) is 1. The Morgan fingerprint density at radius 1 is 1.25 bits per heavy atom. The topological polar surface area (TPSA) is 79.9 Å². The molecule has 1 aromatic carbocycles. The maximum Gasteiger partial charge on any atom is 0.185 e. The summed E-state index contributed by atoms with van der Waals surface area (Å²) < 4.78 is 0. The number of hydrogen-bond donors (Lipinski definition) is 1. The first-order chi connectivity index (χ1) is 11.6. The highest BCUT2D eigenvalue weighted by Gasteiger charge is 2.24. The molecule has 0 aliphatic carbocycles. The van der Waals surface area contributed by atoms with Crippen LogP contribution in [0.25, 0.3) is 11.3 Å². The van der Waals surface area contributed by atoms with Crippen molar-refractivity contribution in [3.8, 4) is 17.3 Å². The van der Waals surface area contributed by atoms with Crippen LogP contribution in [0.5, 0.6) is 0 Å². The van der Waals surface area contributed by atoms with Gasteiger partial charge in [-0.2, -0.15) is 5.26 Å². The van der Waals surface area contributed by atoms with E-state index in [-0.39, 0.29) is 0 Å². The van der Waals surface area contributed by atoms with Crippen LogP contribution in [0.4, 0.5) is 10.1 Å². The average molecular weight is 339 g/mol. The van der Waals surface area contributed by atoms with E-state index in [0.717, 1.165) is 16.4 Å². The lowest BCUT2D eigenvalue weighted by atomic mass is 10.2. The fraction of sp³-hybridized carbons (Fsp3) is 0.250. The van der Waals surface area contributed by atoms with E-state index in [1.807, 2.05) is 61.5 Å². The molecule has 8 heteroatoms. The molecule has 24 heavy (non-hydrogen) atoms. The van der Waals surface area contributed by atoms with Crippen LogP contribution in [0, 0.1) is 11.3 Å². The molecule has 1 aromatic heterocycles. The summed E-state index contributed by atoms with van der Waals surface area (Å²) in [5.41, 5.74) is 2.36. The highest BCUT2D eigenvalue weighted by molar-refractivity contribution is 7.19. The Morgan fingerprint density at radius 2 is 2.00 bits per heavy atom. The Bertz CT molecular complexity index is 832. The van der Waals surface area contributed by atoms with Crippen LogP contribution in [0.1, 0.15) is 0 Å². The first kappa shape index (κ1) is 16.1. The van der Waals surface area contributed by atoms with Crippen molar-refractivity contribution in [1.29, 1.82) is 5.26 Å². The lowest BCUT2D eigenvalue weighted by molar-refractivity contribution is 0.100. The van der Waals surface area contributed by atoms with Gasteiger partial charge in [-0.05, 0) is 0 Å². The number of nitrogens with zero attached hydrogens (tertiary/aromatic N) is 6. The van der Waals surface area contributed by atoms with Crippen LogP contribution < -0.4 is 5.32 Å². The predicted molar refractivity (Wildman–Crippen MR) is 94.6 cm³/mol. The molecular formula is C16H17N7S. The fourth-order valence-electron chi connectivity index (χ4n) is 2.34. The summed E-state index contributed by atoms with van der Waals surface area (Å²) in [5.74, 6) is 0.568. The van der Waals surface area contributed by atoms with Gasteiger partial charge in [0, 0.05) is 26.7 Å². The van der Waals surface area contributed by atoms with Gasteiger partial charge in [0.05, 0.1) is 12.1 Å². The second-order valence-corrected chi connectivity index (χ2v) is 6.22. The summed E-state index contributed by atoms with van der Waals surface area (Å²) in [7, 11) is 5.59. The summed E-state index contributed by atoms with van der Waals surface area (Å²) in [5, 5.41) is 26.2. The van der Waals surface area contributed by atoms with Crippen LogP contribution in [0.15, 0.2) is 52.0 Å². The molecule has 0 atom stereocenters. The Morgan fingerprint density at radius 3 is 2.67 bits per heavy atom. The molecule has 0 saturated carbocycles. The molecule has 3 rings (SSSR count). The monoisotopic (exact) mass is 339 g/mol. The first-order valence-electron chi connectivity index (χ1n) is 7.37. The number of thiazole rings is 1. The van der Waals surface area contributed by atoms with Crippen LogP contribution in [0.3, 0.4) is 0 Å². The van der Waals surface area contributed by atoms with Gasteiger partial charge < -0.3 is 5.32 Å². The van der Waals surface area contributed by atoms with Gasteiger partial charge in [0.25, 0.3) is 0 Å². The SMILES string of the molecule is CNc1nc(-c2ccccc2)c(N=NC2=C(C#N)CN(C)N2C)s1. The fourth-order valence-corrected chi connectivity index (χ4v) is 3.10. The number of aromatic nitrogens is 1. The van der Waals surface area contributed by atoms with E-state index in [1.54, 1.807) is 0 Å². The van der Waals surface area contributed by atoms with Gasteiger partial charge in [-0.25, -0.2) is 9.99 Å². The number of azo groups is 1. The van der Waals surface area contributed by atoms with Crippen molar-refractivity contribution < 1.29 is 0 Å². The van der Waals surface area contributed by atoms with Crippen LogP contribution in [-0.4, -0.2) is 42.7 Å². The molecule has 0 amide bonds. The first-order valence-corrected chi connectivity index (χ1v) is 8.19. The standard InChI is InChI=1S/C16H17N7S/c1-18-16-19-13(11-7-5-4-6-8-11)15(24-16)21-20-14-12(9-17)10-22(2)23(14)3/h4-8H,10H2,1-3H3,(H,18,19). The molecule has 0 bridgehead atoms. The van der Waals surface area contributed by atoms with Crippen molar-refractivity contribution in [3.05, 3.63) is 41.7 Å². The smallest absolute Gasteiger partial charge is 0.185 e. The second-order valence-electron chi connectivity index (χ2n) is 5.24. The van der Waals surface area contributed by atoms with Gasteiger partial charge in [-0.1, -0.05) is 41.7 Å². The predicted octanol–water partition coefficient (Wildman–Crippen LogP) is 3.46. The maximum absolute atomic E-state index is 9.26. The third kappa shape index (κ3) is 2.99. The molecule has 0 fully saturated rings. The maximum atomic E-state index is 9.26. The Kier molecular flexibility index (Phi) is 4.55. The van der Waals surface area contributed by atoms with Gasteiger partial charge in [0.1, 0.15) is 11.8 Å². The van der Waals surface area contributed by atoms with Gasteiger partial charge in [-0.15, -0.1) is 10.2 Å². The summed E-state index contributed by atoms with van der Waals surface area (Å²) >= 11 is 1.43. The zero-order valence-corrected chi connectivity index (χ0v) is 14.5. The van der Waals surface area contributed by atoms with Crippen LogP contribution >= 0.6 is 11.3 Å². The average Bonchev–Trinajstić information content (AvgIpc) is 3.15. The number of benzene rings is 1. The minimum Gasteiger partial charge on any atom is -0.365 e. The lowest BCUT2D eigenvalue weighted by Gasteiger charge is -2.20. The summed E-state index contributed by atoms with van der Waals surface area (Å²) in [4.78, 5) is 4.57. The highest BCUT2D eigenvalue weighted by Crippen LogP contribution is 2.38. The van der Waals surface area contributed by atoms with Crippen molar-refractivity contribution in [3.63, 3.8) is 0 Å². The van der Waals surface area contributed by atoms with Crippen molar-refractivity contribution in [1.82, 2.24) is 15.0 Å². The second kappa shape index (κ2) is 6.78. The van der Waals surface area contributed by atoms with Gasteiger partial charge in [-0.3, -0.25) is 5.01 Å². The van der Waals surface area contributed by atoms with E-state index >= 15 is 0 Å². The molecule has 0 radical (unpaired) electrons. The third-order valence-corrected chi connectivity index (χ3v) is 4.67. The normalized spacial score (nSPS) is 15.3. The lowest BCUT2D eigenvalue weighted by Crippen LogP contribution is -2.29. The van der Waals surface area contributed by atoms with Crippen molar-refractivity contribution in [2.45, 2.75) is 0 Å². The van der Waals surface area contributed by atoms with E-state index in [1.165, 1.54) is 11.3 Å². The quantitative estimate of drug-likeness (QED) is 0.863. The zero-order valence-electron chi connectivity index (χ0n) is 13.7. The molecule has 0 spiro atoms. The van der Waals surface area contributed by atoms with Crippen LogP contribution in [0.2, 0.25) is 0 Å². The number of rotatable bonds is 4. The Balaban J connectivity index is 1.99. The summed E-state index contributed by atoms with van der Waals surface area (Å²) in [6.07, 6.45) is 0. The molecular weight excluding hydrogens is 322 g/mol. The van der Waals surface area contributed by atoms with Crippen LogP contribution in [-0.2, 0) is 0 Å². The zero-order chi connectivity index (χ0) is 17.1. The molecule has 0 unspecified atom stereocenters. The highest BCUT2D eigenvalue weighted by atomic mass is 32.1. The summed E-state index contributed by atoms with van der Waals surface area (Å²) in [6, 6.07) is 12.1. The van der Waals surface area contributed by atoms with Crippen molar-refractivity contribution >= 4 is 21.5 Å².